The summed E-state index contributed by atoms with van der Waals surface area (Å²) >= 11 is 0. The second kappa shape index (κ2) is 6.59. The molecule has 0 saturated carbocycles. The van der Waals surface area contributed by atoms with Crippen LogP contribution >= 0.6 is 0 Å². The van der Waals surface area contributed by atoms with Crippen molar-refractivity contribution in [3.8, 4) is 0 Å². The molecule has 0 saturated heterocycles. The summed E-state index contributed by atoms with van der Waals surface area (Å²) in [5, 5.41) is 5.34. The summed E-state index contributed by atoms with van der Waals surface area (Å²) in [6, 6.07) is -1.17. The Balaban J connectivity index is 4.25. The Morgan fingerprint density at radius 2 is 1.76 bits per heavy atom. The molecule has 5 nitrogen and oxygen atoms in total. The van der Waals surface area contributed by atoms with Crippen LogP contribution in [0.3, 0.4) is 0 Å². The van der Waals surface area contributed by atoms with Crippen LogP contribution in [0, 0.1) is 5.41 Å². The van der Waals surface area contributed by atoms with E-state index in [0.29, 0.717) is 6.54 Å². The van der Waals surface area contributed by atoms with Gasteiger partial charge in [-0.2, -0.15) is 0 Å². The van der Waals surface area contributed by atoms with E-state index in [-0.39, 0.29) is 17.2 Å². The minimum atomic E-state index is -0.621. The van der Waals surface area contributed by atoms with Gasteiger partial charge in [0, 0.05) is 6.54 Å². The Kier molecular flexibility index (Phi) is 6.16. The second-order valence-corrected chi connectivity index (χ2v) is 5.36. The van der Waals surface area contributed by atoms with Gasteiger partial charge in [0.05, 0.1) is 6.04 Å². The van der Waals surface area contributed by atoms with Crippen molar-refractivity contribution >= 4 is 11.8 Å². The summed E-state index contributed by atoms with van der Waals surface area (Å²) in [6.45, 7) is 9.90. The average molecular weight is 243 g/mol. The fraction of sp³-hybridized carbons (Fsp3) is 0.833. The molecule has 0 fully saturated rings. The van der Waals surface area contributed by atoms with Crippen LogP contribution in [-0.2, 0) is 9.59 Å². The van der Waals surface area contributed by atoms with E-state index in [9.17, 15) is 9.59 Å². The van der Waals surface area contributed by atoms with Crippen molar-refractivity contribution in [2.24, 2.45) is 11.1 Å². The number of nitrogens with one attached hydrogen (secondary N) is 2. The zero-order valence-electron chi connectivity index (χ0n) is 11.5. The van der Waals surface area contributed by atoms with Crippen molar-refractivity contribution in [2.75, 3.05) is 6.54 Å². The van der Waals surface area contributed by atoms with Crippen molar-refractivity contribution in [1.82, 2.24) is 10.6 Å². The molecular weight excluding hydrogens is 218 g/mol. The fourth-order valence-corrected chi connectivity index (χ4v) is 1.16. The van der Waals surface area contributed by atoms with Crippen LogP contribution < -0.4 is 16.4 Å². The highest BCUT2D eigenvalue weighted by Crippen LogP contribution is 2.17. The van der Waals surface area contributed by atoms with Crippen LogP contribution in [0.1, 0.15) is 41.0 Å². The van der Waals surface area contributed by atoms with Gasteiger partial charge in [-0.3, -0.25) is 9.59 Å². The number of carbonyl (C=O) groups is 2. The third kappa shape index (κ3) is 5.68. The van der Waals surface area contributed by atoms with Crippen LogP contribution in [0.5, 0.6) is 0 Å². The Labute approximate surface area is 104 Å². The first-order chi connectivity index (χ1) is 7.70. The lowest BCUT2D eigenvalue weighted by atomic mass is 9.87. The van der Waals surface area contributed by atoms with E-state index in [4.69, 9.17) is 5.73 Å². The Hall–Kier alpha value is -1.10. The second-order valence-electron chi connectivity index (χ2n) is 5.36. The van der Waals surface area contributed by atoms with Gasteiger partial charge in [0.1, 0.15) is 6.04 Å². The molecule has 2 atom stereocenters. The number of rotatable bonds is 5. The zero-order valence-corrected chi connectivity index (χ0v) is 11.5. The molecule has 1 unspecified atom stereocenters. The van der Waals surface area contributed by atoms with Gasteiger partial charge in [-0.25, -0.2) is 0 Å². The van der Waals surface area contributed by atoms with Gasteiger partial charge in [-0.15, -0.1) is 0 Å². The normalized spacial score (nSPS) is 14.9. The Bertz CT molecular complexity index is 271. The molecule has 2 amide bonds. The minimum Gasteiger partial charge on any atom is -0.354 e. The standard InChI is InChI=1S/C12H25N3O2/c1-6-7-14-10(16)8(2)15-11(17)9(13)12(3,4)5/h8-9H,6-7,13H2,1-5H3,(H,14,16)(H,15,17)/t8?,9-/m0/s1. The van der Waals surface area contributed by atoms with Crippen molar-refractivity contribution in [3.05, 3.63) is 0 Å². The highest BCUT2D eigenvalue weighted by atomic mass is 16.2. The maximum absolute atomic E-state index is 11.8. The van der Waals surface area contributed by atoms with Gasteiger partial charge < -0.3 is 16.4 Å². The molecule has 0 aromatic rings. The van der Waals surface area contributed by atoms with E-state index >= 15 is 0 Å². The van der Waals surface area contributed by atoms with Crippen LogP contribution in [-0.4, -0.2) is 30.4 Å². The molecule has 0 aliphatic rings. The number of hydrogen-bond donors (Lipinski definition) is 3. The molecule has 4 N–H and O–H groups in total. The lowest BCUT2D eigenvalue weighted by Crippen LogP contribution is -2.54. The number of carbonyl (C=O) groups excluding carboxylic acids is 2. The summed E-state index contributed by atoms with van der Waals surface area (Å²) in [4.78, 5) is 23.3. The van der Waals surface area contributed by atoms with Gasteiger partial charge in [0.15, 0.2) is 0 Å². The first-order valence-electron chi connectivity index (χ1n) is 6.03. The lowest BCUT2D eigenvalue weighted by molar-refractivity contribution is -0.130. The van der Waals surface area contributed by atoms with Crippen LogP contribution in [0.2, 0.25) is 0 Å². The number of hydrogen-bond acceptors (Lipinski definition) is 3. The van der Waals surface area contributed by atoms with Crippen LogP contribution in [0.15, 0.2) is 0 Å². The molecule has 0 aliphatic heterocycles. The molecule has 0 heterocycles. The Morgan fingerprint density at radius 3 is 2.18 bits per heavy atom. The molecule has 0 bridgehead atoms. The van der Waals surface area contributed by atoms with Gasteiger partial charge in [-0.1, -0.05) is 27.7 Å². The summed E-state index contributed by atoms with van der Waals surface area (Å²) in [6.07, 6.45) is 0.869. The van der Waals surface area contributed by atoms with Crippen molar-refractivity contribution in [3.63, 3.8) is 0 Å². The number of nitrogens with two attached hydrogens (primary N) is 1. The third-order valence-corrected chi connectivity index (χ3v) is 2.52. The first-order valence-corrected chi connectivity index (χ1v) is 6.03. The fourth-order valence-electron chi connectivity index (χ4n) is 1.16. The van der Waals surface area contributed by atoms with E-state index < -0.39 is 12.1 Å². The predicted molar refractivity (Wildman–Crippen MR) is 68.3 cm³/mol. The van der Waals surface area contributed by atoms with E-state index in [0.717, 1.165) is 6.42 Å². The molecular formula is C12H25N3O2. The van der Waals surface area contributed by atoms with E-state index in [1.54, 1.807) is 6.92 Å². The molecule has 0 rings (SSSR count). The predicted octanol–water partition coefficient (Wildman–Crippen LogP) is 0.391. The highest BCUT2D eigenvalue weighted by Gasteiger charge is 2.29. The lowest BCUT2D eigenvalue weighted by Gasteiger charge is -2.27. The summed E-state index contributed by atoms with van der Waals surface area (Å²) < 4.78 is 0. The molecule has 0 aromatic heterocycles. The minimum absolute atomic E-state index is 0.179. The van der Waals surface area contributed by atoms with Gasteiger partial charge in [-0.05, 0) is 18.8 Å². The molecule has 0 spiro atoms. The van der Waals surface area contributed by atoms with Crippen molar-refractivity contribution in [1.29, 1.82) is 0 Å². The average Bonchev–Trinajstić information content (AvgIpc) is 2.23. The van der Waals surface area contributed by atoms with Crippen molar-refractivity contribution in [2.45, 2.75) is 53.1 Å². The number of amides is 2. The van der Waals surface area contributed by atoms with Gasteiger partial charge in [0.2, 0.25) is 11.8 Å². The Morgan fingerprint density at radius 1 is 1.24 bits per heavy atom. The molecule has 17 heavy (non-hydrogen) atoms. The summed E-state index contributed by atoms with van der Waals surface area (Å²) in [5.74, 6) is -0.474. The summed E-state index contributed by atoms with van der Waals surface area (Å²) in [7, 11) is 0. The van der Waals surface area contributed by atoms with E-state index in [1.165, 1.54) is 0 Å². The first kappa shape index (κ1) is 15.9. The largest absolute Gasteiger partial charge is 0.354 e. The summed E-state index contributed by atoms with van der Waals surface area (Å²) in [5.41, 5.74) is 5.48. The topological polar surface area (TPSA) is 84.2 Å². The molecule has 0 aromatic carbocycles. The zero-order chi connectivity index (χ0) is 13.6. The van der Waals surface area contributed by atoms with E-state index in [2.05, 4.69) is 10.6 Å². The molecule has 100 valence electrons. The third-order valence-electron chi connectivity index (χ3n) is 2.52. The van der Waals surface area contributed by atoms with Crippen LogP contribution in [0.25, 0.3) is 0 Å². The smallest absolute Gasteiger partial charge is 0.242 e. The SMILES string of the molecule is CCCNC(=O)C(C)NC(=O)[C@H](N)C(C)(C)C. The highest BCUT2D eigenvalue weighted by molar-refractivity contribution is 5.89. The maximum Gasteiger partial charge on any atom is 0.242 e. The van der Waals surface area contributed by atoms with Gasteiger partial charge in [0.25, 0.3) is 0 Å². The monoisotopic (exact) mass is 243 g/mol. The van der Waals surface area contributed by atoms with E-state index in [1.807, 2.05) is 27.7 Å². The molecule has 0 aliphatic carbocycles. The quantitative estimate of drug-likeness (QED) is 0.653. The molecule has 5 heteroatoms. The maximum atomic E-state index is 11.8. The van der Waals surface area contributed by atoms with Gasteiger partial charge >= 0.3 is 0 Å². The van der Waals surface area contributed by atoms with Crippen molar-refractivity contribution < 1.29 is 9.59 Å². The molecule has 0 radical (unpaired) electrons. The van der Waals surface area contributed by atoms with Crippen LogP contribution in [0.4, 0.5) is 0 Å².